The third-order valence-electron chi connectivity index (χ3n) is 2.14. The molecule has 58 valence electrons. The van der Waals surface area contributed by atoms with Crippen molar-refractivity contribution in [1.29, 1.82) is 0 Å². The number of aromatic nitrogens is 2. The van der Waals surface area contributed by atoms with Gasteiger partial charge in [-0.05, 0) is 12.1 Å². The van der Waals surface area contributed by atoms with Gasteiger partial charge < -0.3 is 0 Å². The molecular formula is C9H7N3. The van der Waals surface area contributed by atoms with Gasteiger partial charge in [0.1, 0.15) is 5.69 Å². The smallest absolute Gasteiger partial charge is 0.109 e. The van der Waals surface area contributed by atoms with Crippen molar-refractivity contribution in [3.05, 3.63) is 35.7 Å². The number of nitrogens with zero attached hydrogens (tertiary/aromatic N) is 3. The minimum atomic E-state index is 0.781. The van der Waals surface area contributed by atoms with Gasteiger partial charge in [-0.2, -0.15) is 5.10 Å². The molecule has 3 rings (SSSR count). The number of hydrogen-bond donors (Lipinski definition) is 0. The van der Waals surface area contributed by atoms with Gasteiger partial charge in [-0.1, -0.05) is 6.07 Å². The predicted molar refractivity (Wildman–Crippen MR) is 46.5 cm³/mol. The molecule has 12 heavy (non-hydrogen) atoms. The lowest BCUT2D eigenvalue weighted by molar-refractivity contribution is 0.955. The Morgan fingerprint density at radius 2 is 2.33 bits per heavy atom. The van der Waals surface area contributed by atoms with E-state index in [1.165, 1.54) is 11.1 Å². The van der Waals surface area contributed by atoms with E-state index < -0.39 is 0 Å². The number of rotatable bonds is 0. The van der Waals surface area contributed by atoms with Crippen LogP contribution in [0.1, 0.15) is 11.3 Å². The van der Waals surface area contributed by atoms with Gasteiger partial charge in [0.25, 0.3) is 0 Å². The van der Waals surface area contributed by atoms with Gasteiger partial charge in [0.05, 0.1) is 12.1 Å². The highest BCUT2D eigenvalue weighted by Gasteiger charge is 2.13. The first-order valence-electron chi connectivity index (χ1n) is 3.91. The molecule has 0 bridgehead atoms. The van der Waals surface area contributed by atoms with E-state index in [-0.39, 0.29) is 0 Å². The van der Waals surface area contributed by atoms with Crippen LogP contribution in [-0.4, -0.2) is 15.8 Å². The Labute approximate surface area is 69.4 Å². The number of pyridine rings is 1. The van der Waals surface area contributed by atoms with E-state index in [1.54, 1.807) is 0 Å². The molecule has 2 aromatic heterocycles. The Hall–Kier alpha value is -1.64. The Morgan fingerprint density at radius 1 is 1.33 bits per heavy atom. The summed E-state index contributed by atoms with van der Waals surface area (Å²) in [5.74, 6) is 0. The Balaban J connectivity index is 2.49. The maximum Gasteiger partial charge on any atom is 0.109 e. The molecule has 1 aliphatic rings. The number of fused-ring (bicyclic) bond motifs is 3. The summed E-state index contributed by atoms with van der Waals surface area (Å²) in [6, 6.07) is 6.07. The van der Waals surface area contributed by atoms with Crippen molar-refractivity contribution < 1.29 is 0 Å². The van der Waals surface area contributed by atoms with Gasteiger partial charge in [0.15, 0.2) is 0 Å². The zero-order chi connectivity index (χ0) is 7.97. The quantitative estimate of drug-likeness (QED) is 0.566. The summed E-state index contributed by atoms with van der Waals surface area (Å²) in [6.07, 6.45) is 3.80. The molecule has 0 spiro atoms. The summed E-state index contributed by atoms with van der Waals surface area (Å²) in [4.78, 5) is 4.16. The molecule has 0 saturated carbocycles. The van der Waals surface area contributed by atoms with Crippen molar-refractivity contribution in [1.82, 2.24) is 9.61 Å². The lowest BCUT2D eigenvalue weighted by Gasteiger charge is -1.91. The van der Waals surface area contributed by atoms with E-state index in [2.05, 4.69) is 16.2 Å². The fourth-order valence-electron chi connectivity index (χ4n) is 1.56. The summed E-state index contributed by atoms with van der Waals surface area (Å²) in [5, 5.41) is 4.36. The van der Waals surface area contributed by atoms with Crippen LogP contribution in [0.2, 0.25) is 0 Å². The molecule has 3 heterocycles. The highest BCUT2D eigenvalue weighted by Crippen LogP contribution is 2.18. The molecule has 0 fully saturated rings. The fourth-order valence-corrected chi connectivity index (χ4v) is 1.56. The standard InChI is InChI=1S/C9H7N3/c1-2-4-12-9(3-1)7-5-10-6-8(7)11-12/h1-4,6H,5H2. The second kappa shape index (κ2) is 1.94. The van der Waals surface area contributed by atoms with Crippen LogP contribution in [0, 0.1) is 0 Å². The van der Waals surface area contributed by atoms with Crippen LogP contribution in [-0.2, 0) is 6.54 Å². The topological polar surface area (TPSA) is 29.7 Å². The molecule has 0 atom stereocenters. The van der Waals surface area contributed by atoms with Crippen molar-refractivity contribution in [3.8, 4) is 0 Å². The van der Waals surface area contributed by atoms with Crippen LogP contribution in [0.5, 0.6) is 0 Å². The largest absolute Gasteiger partial charge is 0.286 e. The van der Waals surface area contributed by atoms with Crippen LogP contribution >= 0.6 is 0 Å². The van der Waals surface area contributed by atoms with E-state index >= 15 is 0 Å². The molecule has 0 radical (unpaired) electrons. The van der Waals surface area contributed by atoms with Gasteiger partial charge in [-0.15, -0.1) is 0 Å². The fraction of sp³-hybridized carbons (Fsp3) is 0.111. The summed E-state index contributed by atoms with van der Waals surface area (Å²) < 4.78 is 1.90. The average molecular weight is 157 g/mol. The third-order valence-corrected chi connectivity index (χ3v) is 2.14. The lowest BCUT2D eigenvalue weighted by Crippen LogP contribution is -1.86. The van der Waals surface area contributed by atoms with Crippen molar-refractivity contribution in [2.24, 2.45) is 4.99 Å². The molecule has 3 nitrogen and oxygen atoms in total. The van der Waals surface area contributed by atoms with Crippen LogP contribution in [0.15, 0.2) is 29.4 Å². The van der Waals surface area contributed by atoms with E-state index in [9.17, 15) is 0 Å². The summed E-state index contributed by atoms with van der Waals surface area (Å²) in [6.45, 7) is 0.781. The first-order chi connectivity index (χ1) is 5.95. The zero-order valence-corrected chi connectivity index (χ0v) is 6.44. The number of hydrogen-bond acceptors (Lipinski definition) is 2. The van der Waals surface area contributed by atoms with Crippen LogP contribution in [0.25, 0.3) is 5.52 Å². The molecule has 0 amide bonds. The molecule has 0 unspecified atom stereocenters. The van der Waals surface area contributed by atoms with E-state index in [4.69, 9.17) is 0 Å². The van der Waals surface area contributed by atoms with E-state index in [0.717, 1.165) is 12.2 Å². The van der Waals surface area contributed by atoms with Crippen molar-refractivity contribution in [3.63, 3.8) is 0 Å². The molecule has 1 aliphatic heterocycles. The minimum absolute atomic E-state index is 0.781. The highest BCUT2D eigenvalue weighted by molar-refractivity contribution is 5.85. The third kappa shape index (κ3) is 0.605. The SMILES string of the molecule is C1=NCc2c1nn1ccccc21. The maximum atomic E-state index is 4.36. The van der Waals surface area contributed by atoms with Crippen LogP contribution in [0.4, 0.5) is 0 Å². The second-order valence-electron chi connectivity index (χ2n) is 2.86. The van der Waals surface area contributed by atoms with Crippen LogP contribution in [0.3, 0.4) is 0 Å². The minimum Gasteiger partial charge on any atom is -0.286 e. The molecule has 0 aliphatic carbocycles. The summed E-state index contributed by atoms with van der Waals surface area (Å²) in [5.41, 5.74) is 3.43. The number of aliphatic imine (C=N–C) groups is 1. The van der Waals surface area contributed by atoms with E-state index in [0.29, 0.717) is 0 Å². The van der Waals surface area contributed by atoms with Gasteiger partial charge in [-0.25, -0.2) is 4.52 Å². The van der Waals surface area contributed by atoms with Gasteiger partial charge >= 0.3 is 0 Å². The second-order valence-corrected chi connectivity index (χ2v) is 2.86. The molecular weight excluding hydrogens is 150 g/mol. The molecule has 3 heteroatoms. The predicted octanol–water partition coefficient (Wildman–Crippen LogP) is 1.27. The van der Waals surface area contributed by atoms with Crippen LogP contribution < -0.4 is 0 Å². The van der Waals surface area contributed by atoms with Crippen molar-refractivity contribution in [2.45, 2.75) is 6.54 Å². The van der Waals surface area contributed by atoms with Gasteiger partial charge in [0.2, 0.25) is 0 Å². The molecule has 2 aromatic rings. The van der Waals surface area contributed by atoms with Crippen molar-refractivity contribution in [2.75, 3.05) is 0 Å². The molecule has 0 N–H and O–H groups in total. The molecule has 0 aromatic carbocycles. The first kappa shape index (κ1) is 5.94. The Morgan fingerprint density at radius 3 is 3.33 bits per heavy atom. The van der Waals surface area contributed by atoms with Gasteiger partial charge in [0, 0.05) is 18.0 Å². The Bertz CT molecular complexity index is 468. The molecule has 0 saturated heterocycles. The Kier molecular flexibility index (Phi) is 0.961. The maximum absolute atomic E-state index is 4.36. The normalized spacial score (nSPS) is 14.0. The lowest BCUT2D eigenvalue weighted by atomic mass is 10.2. The van der Waals surface area contributed by atoms with E-state index in [1.807, 2.05) is 29.1 Å². The summed E-state index contributed by atoms with van der Waals surface area (Å²) >= 11 is 0. The average Bonchev–Trinajstić information content (AvgIpc) is 2.62. The first-order valence-corrected chi connectivity index (χ1v) is 3.91. The van der Waals surface area contributed by atoms with Crippen molar-refractivity contribution >= 4 is 11.7 Å². The van der Waals surface area contributed by atoms with Gasteiger partial charge in [-0.3, -0.25) is 4.99 Å². The highest BCUT2D eigenvalue weighted by atomic mass is 15.2. The zero-order valence-electron chi connectivity index (χ0n) is 6.44. The monoisotopic (exact) mass is 157 g/mol. The summed E-state index contributed by atoms with van der Waals surface area (Å²) in [7, 11) is 0.